The number of fused-ring (bicyclic) bond motifs is 3. The molecule has 1 aliphatic heterocycles. The molecule has 8 rings (SSSR count). The quantitative estimate of drug-likeness (QED) is 0.149. The van der Waals surface area contributed by atoms with Crippen molar-refractivity contribution in [2.24, 2.45) is 0 Å². The van der Waals surface area contributed by atoms with Crippen molar-refractivity contribution in [2.75, 3.05) is 42.6 Å². The van der Waals surface area contributed by atoms with Crippen molar-refractivity contribution in [1.82, 2.24) is 15.3 Å². The highest BCUT2D eigenvalue weighted by Crippen LogP contribution is 2.41. The van der Waals surface area contributed by atoms with Crippen molar-refractivity contribution in [3.63, 3.8) is 0 Å². The summed E-state index contributed by atoms with van der Waals surface area (Å²) in [6, 6.07) is 40.3. The summed E-state index contributed by atoms with van der Waals surface area (Å²) >= 11 is 0. The zero-order valence-corrected chi connectivity index (χ0v) is 30.2. The molecule has 2 aromatic heterocycles. The van der Waals surface area contributed by atoms with Crippen molar-refractivity contribution in [3.8, 4) is 22.3 Å². The lowest BCUT2D eigenvalue weighted by Gasteiger charge is -2.30. The Hall–Kier alpha value is -5.48. The highest BCUT2D eigenvalue weighted by molar-refractivity contribution is 7.92. The highest BCUT2D eigenvalue weighted by Gasteiger charge is 2.23. The van der Waals surface area contributed by atoms with E-state index in [0.717, 1.165) is 89.1 Å². The third-order valence-corrected chi connectivity index (χ3v) is 11.8. The first-order valence-corrected chi connectivity index (χ1v) is 19.1. The van der Waals surface area contributed by atoms with E-state index in [2.05, 4.69) is 75.9 Å². The van der Waals surface area contributed by atoms with Crippen LogP contribution in [0.25, 0.3) is 44.2 Å². The van der Waals surface area contributed by atoms with E-state index in [9.17, 15) is 8.42 Å². The van der Waals surface area contributed by atoms with Gasteiger partial charge in [0.2, 0.25) is 0 Å². The average Bonchev–Trinajstić information content (AvgIpc) is 3.56. The number of aryl methyl sites for hydroxylation is 1. The number of aromatic amines is 1. The zero-order chi connectivity index (χ0) is 35.7. The van der Waals surface area contributed by atoms with Gasteiger partial charge in [0, 0.05) is 72.5 Å². The van der Waals surface area contributed by atoms with Gasteiger partial charge in [-0.1, -0.05) is 90.5 Å². The van der Waals surface area contributed by atoms with Crippen LogP contribution in [0.2, 0.25) is 0 Å². The van der Waals surface area contributed by atoms with Gasteiger partial charge in [0.05, 0.1) is 23.8 Å². The molecule has 9 heteroatoms. The molecule has 0 radical (unpaired) electrons. The van der Waals surface area contributed by atoms with Crippen LogP contribution in [0.3, 0.4) is 0 Å². The van der Waals surface area contributed by atoms with E-state index >= 15 is 0 Å². The summed E-state index contributed by atoms with van der Waals surface area (Å²) in [4.78, 5) is 11.0. The monoisotopic (exact) mass is 707 g/mol. The topological polar surface area (TPSA) is 90.6 Å². The van der Waals surface area contributed by atoms with Crippen LogP contribution in [-0.4, -0.2) is 51.7 Å². The summed E-state index contributed by atoms with van der Waals surface area (Å²) in [6.07, 6.45) is 1.94. The van der Waals surface area contributed by atoms with E-state index in [4.69, 9.17) is 9.72 Å². The molecule has 52 heavy (non-hydrogen) atoms. The number of benzene rings is 5. The molecule has 0 bridgehead atoms. The minimum Gasteiger partial charge on any atom is -0.378 e. The minimum atomic E-state index is -3.77. The van der Waals surface area contributed by atoms with Crippen molar-refractivity contribution < 1.29 is 13.2 Å². The van der Waals surface area contributed by atoms with Gasteiger partial charge in [-0.15, -0.1) is 0 Å². The highest BCUT2D eigenvalue weighted by atomic mass is 32.2. The summed E-state index contributed by atoms with van der Waals surface area (Å²) in [7, 11) is -2.16. The van der Waals surface area contributed by atoms with Crippen molar-refractivity contribution in [3.05, 3.63) is 144 Å². The first-order chi connectivity index (χ1) is 25.4. The number of anilines is 2. The van der Waals surface area contributed by atoms with E-state index in [1.807, 2.05) is 61.7 Å². The number of rotatable bonds is 10. The summed E-state index contributed by atoms with van der Waals surface area (Å²) in [6.45, 7) is 6.81. The lowest BCUT2D eigenvalue weighted by molar-refractivity contribution is 0.122. The Bertz CT molecular complexity index is 2460. The molecule has 0 saturated carbocycles. The molecule has 0 amide bonds. The molecule has 1 aliphatic rings. The molecule has 0 atom stereocenters. The van der Waals surface area contributed by atoms with E-state index in [1.54, 1.807) is 19.2 Å². The first-order valence-electron chi connectivity index (χ1n) is 17.6. The Morgan fingerprint density at radius 3 is 2.33 bits per heavy atom. The van der Waals surface area contributed by atoms with Gasteiger partial charge in [-0.25, -0.2) is 13.4 Å². The number of H-pyrrole nitrogens is 1. The fourth-order valence-electron chi connectivity index (χ4n) is 7.09. The zero-order valence-electron chi connectivity index (χ0n) is 29.3. The van der Waals surface area contributed by atoms with Crippen LogP contribution in [0.15, 0.2) is 132 Å². The smallest absolute Gasteiger partial charge is 0.264 e. The maximum absolute atomic E-state index is 13.7. The van der Waals surface area contributed by atoms with Crippen LogP contribution in [0.4, 0.5) is 11.4 Å². The molecule has 262 valence electrons. The van der Waals surface area contributed by atoms with Crippen molar-refractivity contribution in [1.29, 1.82) is 0 Å². The maximum Gasteiger partial charge on any atom is 0.264 e. The Kier molecular flexibility index (Phi) is 9.23. The van der Waals surface area contributed by atoms with Crippen LogP contribution >= 0.6 is 0 Å². The molecule has 7 aromatic rings. The normalized spacial score (nSPS) is 13.5. The van der Waals surface area contributed by atoms with Gasteiger partial charge in [-0.3, -0.25) is 4.31 Å². The Labute approximate surface area is 304 Å². The van der Waals surface area contributed by atoms with Gasteiger partial charge in [-0.2, -0.15) is 0 Å². The Morgan fingerprint density at radius 1 is 0.827 bits per heavy atom. The maximum atomic E-state index is 13.7. The summed E-state index contributed by atoms with van der Waals surface area (Å²) in [5, 5.41) is 5.51. The number of morpholine rings is 1. The number of nitrogens with one attached hydrogen (secondary N) is 2. The lowest BCUT2D eigenvalue weighted by Crippen LogP contribution is -2.37. The Morgan fingerprint density at radius 2 is 1.56 bits per heavy atom. The Balaban J connectivity index is 1.11. The number of hydrogen-bond acceptors (Lipinski definition) is 6. The SMILES string of the molecule is Cc1ccc(S(=O)(=O)N(C)c2ccc3[nH]c4ncc(-c5ccc(CNCc6ccccc6N6CCOCC6)cc5)c(-c5ccccc5)c4c3c2)cc1. The van der Waals surface area contributed by atoms with Gasteiger partial charge < -0.3 is 19.9 Å². The summed E-state index contributed by atoms with van der Waals surface area (Å²) < 4.78 is 34.2. The van der Waals surface area contributed by atoms with Gasteiger partial charge in [-0.05, 0) is 65.6 Å². The van der Waals surface area contributed by atoms with E-state index < -0.39 is 10.0 Å². The molecule has 0 spiro atoms. The van der Waals surface area contributed by atoms with Crippen molar-refractivity contribution >= 4 is 43.3 Å². The number of sulfonamides is 1. The van der Waals surface area contributed by atoms with Gasteiger partial charge in [0.15, 0.2) is 0 Å². The lowest BCUT2D eigenvalue weighted by atomic mass is 9.92. The number of nitrogens with zero attached hydrogens (tertiary/aromatic N) is 3. The number of para-hydroxylation sites is 1. The van der Waals surface area contributed by atoms with Gasteiger partial charge in [0.1, 0.15) is 5.65 Å². The fourth-order valence-corrected chi connectivity index (χ4v) is 8.27. The molecule has 2 N–H and O–H groups in total. The van der Waals surface area contributed by atoms with Crippen LogP contribution in [0.1, 0.15) is 16.7 Å². The molecule has 8 nitrogen and oxygen atoms in total. The third kappa shape index (κ3) is 6.54. The fraction of sp³-hybridized carbons (Fsp3) is 0.186. The van der Waals surface area contributed by atoms with Gasteiger partial charge >= 0.3 is 0 Å². The van der Waals surface area contributed by atoms with Crippen LogP contribution in [-0.2, 0) is 27.8 Å². The predicted octanol–water partition coefficient (Wildman–Crippen LogP) is 8.31. The standard InChI is InChI=1S/C43H41N5O3S/c1-30-12-19-36(20-13-30)52(49,50)47(2)35-18-21-39-37(26-35)42-41(33-8-4-3-5-9-33)38(29-45-43(42)46-39)32-16-14-31(15-17-32)27-44-28-34-10-6-7-11-40(34)48-22-24-51-25-23-48/h3-21,26,29,44H,22-25,27-28H2,1-2H3,(H,45,46). The summed E-state index contributed by atoms with van der Waals surface area (Å²) in [5.41, 5.74) is 11.1. The summed E-state index contributed by atoms with van der Waals surface area (Å²) in [5.74, 6) is 0. The van der Waals surface area contributed by atoms with E-state index in [-0.39, 0.29) is 4.90 Å². The second-order valence-electron chi connectivity index (χ2n) is 13.3. The van der Waals surface area contributed by atoms with Gasteiger partial charge in [0.25, 0.3) is 10.0 Å². The minimum absolute atomic E-state index is 0.255. The molecule has 1 fully saturated rings. The molecule has 0 aliphatic carbocycles. The largest absolute Gasteiger partial charge is 0.378 e. The second-order valence-corrected chi connectivity index (χ2v) is 15.3. The number of hydrogen-bond donors (Lipinski definition) is 2. The van der Waals surface area contributed by atoms with Crippen molar-refractivity contribution in [2.45, 2.75) is 24.9 Å². The van der Waals surface area contributed by atoms with Crippen LogP contribution in [0, 0.1) is 6.92 Å². The van der Waals surface area contributed by atoms with E-state index in [1.165, 1.54) is 21.1 Å². The molecule has 0 unspecified atom stereocenters. The predicted molar refractivity (Wildman–Crippen MR) is 211 cm³/mol. The molecule has 3 heterocycles. The molecular formula is C43H41N5O3S. The molecule has 5 aromatic carbocycles. The number of ether oxygens (including phenoxy) is 1. The average molecular weight is 708 g/mol. The molecular weight excluding hydrogens is 667 g/mol. The first kappa shape index (κ1) is 33.7. The second kappa shape index (κ2) is 14.3. The van der Waals surface area contributed by atoms with Crippen LogP contribution < -0.4 is 14.5 Å². The third-order valence-electron chi connectivity index (χ3n) is 9.96. The molecule has 1 saturated heterocycles. The number of aromatic nitrogens is 2. The van der Waals surface area contributed by atoms with Crippen LogP contribution in [0.5, 0.6) is 0 Å². The van der Waals surface area contributed by atoms with E-state index in [0.29, 0.717) is 5.69 Å². The number of pyridine rings is 1.